The molecule has 2 rings (SSSR count). The highest BCUT2D eigenvalue weighted by Crippen LogP contribution is 2.15. The van der Waals surface area contributed by atoms with Crippen LogP contribution in [0.4, 0.5) is 0 Å². The average molecular weight is 308 g/mol. The molecule has 0 aliphatic heterocycles. The van der Waals surface area contributed by atoms with Gasteiger partial charge in [0, 0.05) is 19.3 Å². The van der Waals surface area contributed by atoms with Gasteiger partial charge in [0.25, 0.3) is 0 Å². The molecule has 0 fully saturated rings. The number of benzene rings is 1. The maximum atomic E-state index is 12.2. The van der Waals surface area contributed by atoms with E-state index in [2.05, 4.69) is 4.72 Å². The van der Waals surface area contributed by atoms with Crippen LogP contribution in [0.3, 0.4) is 0 Å². The maximum absolute atomic E-state index is 12.2. The van der Waals surface area contributed by atoms with E-state index in [9.17, 15) is 13.2 Å². The van der Waals surface area contributed by atoms with E-state index in [1.54, 1.807) is 6.92 Å². The predicted octanol–water partition coefficient (Wildman–Crippen LogP) is 1.68. The molecule has 6 nitrogen and oxygen atoms in total. The third kappa shape index (κ3) is 3.50. The molecule has 0 saturated carbocycles. The Morgan fingerprint density at radius 3 is 2.48 bits per heavy atom. The van der Waals surface area contributed by atoms with Gasteiger partial charge in [-0.3, -0.25) is 0 Å². The topological polar surface area (TPSA) is 88.4 Å². The summed E-state index contributed by atoms with van der Waals surface area (Å²) >= 11 is 0. The molecule has 0 aliphatic carbocycles. The highest BCUT2D eigenvalue weighted by Gasteiger charge is 2.20. The monoisotopic (exact) mass is 308 g/mol. The zero-order valence-electron chi connectivity index (χ0n) is 11.5. The summed E-state index contributed by atoms with van der Waals surface area (Å²) in [5.74, 6) is -1.15. The van der Waals surface area contributed by atoms with E-state index < -0.39 is 16.0 Å². The summed E-state index contributed by atoms with van der Waals surface area (Å²) in [6, 6.07) is 10.3. The Morgan fingerprint density at radius 2 is 1.95 bits per heavy atom. The van der Waals surface area contributed by atoms with Crippen molar-refractivity contribution >= 4 is 16.0 Å². The normalized spacial score (nSPS) is 11.5. The summed E-state index contributed by atoms with van der Waals surface area (Å²) in [4.78, 5) is 11.0. The number of aryl methyl sites for hydroxylation is 1. The third-order valence-electron chi connectivity index (χ3n) is 3.05. The summed E-state index contributed by atoms with van der Waals surface area (Å²) in [5.41, 5.74) is 0.784. The fourth-order valence-corrected chi connectivity index (χ4v) is 2.98. The predicted molar refractivity (Wildman–Crippen MR) is 77.5 cm³/mol. The standard InChI is InChI=1S/C14H16N2O4S/c1-2-16-10-12(8-13(16)14(17)18)21(19,20)15-9-11-6-4-3-5-7-11/h3-8,10,15H,2,9H2,1H3,(H,17,18). The van der Waals surface area contributed by atoms with E-state index >= 15 is 0 Å². The van der Waals surface area contributed by atoms with Crippen LogP contribution in [-0.2, 0) is 23.1 Å². The number of aromatic nitrogens is 1. The van der Waals surface area contributed by atoms with Crippen LogP contribution in [-0.4, -0.2) is 24.1 Å². The fraction of sp³-hybridized carbons (Fsp3) is 0.214. The molecule has 0 aliphatic rings. The van der Waals surface area contributed by atoms with Crippen molar-refractivity contribution < 1.29 is 18.3 Å². The first-order chi connectivity index (χ1) is 9.94. The number of nitrogens with one attached hydrogen (secondary N) is 1. The van der Waals surface area contributed by atoms with Crippen molar-refractivity contribution in [3.05, 3.63) is 53.9 Å². The van der Waals surface area contributed by atoms with E-state index in [-0.39, 0.29) is 17.1 Å². The Labute approximate surface area is 123 Å². The summed E-state index contributed by atoms with van der Waals surface area (Å²) in [6.07, 6.45) is 1.33. The SMILES string of the molecule is CCn1cc(S(=O)(=O)NCc2ccccc2)cc1C(=O)O. The van der Waals surface area contributed by atoms with Crippen molar-refractivity contribution in [3.8, 4) is 0 Å². The Bertz CT molecular complexity index is 736. The van der Waals surface area contributed by atoms with Gasteiger partial charge in [-0.05, 0) is 18.6 Å². The van der Waals surface area contributed by atoms with Crippen LogP contribution in [0.25, 0.3) is 0 Å². The highest BCUT2D eigenvalue weighted by atomic mass is 32.2. The lowest BCUT2D eigenvalue weighted by Crippen LogP contribution is -2.22. The Morgan fingerprint density at radius 1 is 1.29 bits per heavy atom. The summed E-state index contributed by atoms with van der Waals surface area (Å²) in [6.45, 7) is 2.29. The number of carboxylic acids is 1. The van der Waals surface area contributed by atoms with Gasteiger partial charge in [0.2, 0.25) is 10.0 Å². The molecule has 0 radical (unpaired) electrons. The number of carbonyl (C=O) groups is 1. The zero-order valence-corrected chi connectivity index (χ0v) is 12.3. The highest BCUT2D eigenvalue weighted by molar-refractivity contribution is 7.89. The van der Waals surface area contributed by atoms with Gasteiger partial charge in [0.05, 0.1) is 0 Å². The van der Waals surface area contributed by atoms with Crippen molar-refractivity contribution in [2.24, 2.45) is 0 Å². The lowest BCUT2D eigenvalue weighted by molar-refractivity contribution is 0.0685. The van der Waals surface area contributed by atoms with Crippen LogP contribution in [0.2, 0.25) is 0 Å². The largest absolute Gasteiger partial charge is 0.477 e. The van der Waals surface area contributed by atoms with Crippen LogP contribution < -0.4 is 4.72 Å². The zero-order chi connectivity index (χ0) is 15.5. The molecule has 0 unspecified atom stereocenters. The van der Waals surface area contributed by atoms with Gasteiger partial charge in [-0.25, -0.2) is 17.9 Å². The molecule has 21 heavy (non-hydrogen) atoms. The molecule has 112 valence electrons. The summed E-state index contributed by atoms with van der Waals surface area (Å²) in [7, 11) is -3.74. The Kier molecular flexibility index (Phi) is 4.44. The number of sulfonamides is 1. The maximum Gasteiger partial charge on any atom is 0.352 e. The summed E-state index contributed by atoms with van der Waals surface area (Å²) < 4.78 is 28.2. The van der Waals surface area contributed by atoms with Gasteiger partial charge in [-0.1, -0.05) is 30.3 Å². The van der Waals surface area contributed by atoms with Gasteiger partial charge >= 0.3 is 5.97 Å². The molecule has 0 atom stereocenters. The van der Waals surface area contributed by atoms with Gasteiger partial charge in [0.15, 0.2) is 0 Å². The molecule has 2 N–H and O–H groups in total. The number of hydrogen-bond donors (Lipinski definition) is 2. The molecular weight excluding hydrogens is 292 g/mol. The van der Waals surface area contributed by atoms with E-state index in [0.29, 0.717) is 6.54 Å². The minimum absolute atomic E-state index is 0.0438. The summed E-state index contributed by atoms with van der Waals surface area (Å²) in [5, 5.41) is 9.05. The van der Waals surface area contributed by atoms with Crippen molar-refractivity contribution in [3.63, 3.8) is 0 Å². The molecule has 0 bridgehead atoms. The van der Waals surface area contributed by atoms with E-state index in [1.165, 1.54) is 16.8 Å². The second-order valence-corrected chi connectivity index (χ2v) is 6.23. The van der Waals surface area contributed by atoms with Crippen molar-refractivity contribution in [1.29, 1.82) is 0 Å². The van der Waals surface area contributed by atoms with Gasteiger partial charge in [-0.15, -0.1) is 0 Å². The number of carboxylic acid groups (broad SMARTS) is 1. The van der Waals surface area contributed by atoms with E-state index in [1.807, 2.05) is 30.3 Å². The van der Waals surface area contributed by atoms with Crippen LogP contribution in [0.15, 0.2) is 47.5 Å². The first-order valence-electron chi connectivity index (χ1n) is 6.41. The number of rotatable bonds is 6. The van der Waals surface area contributed by atoms with Crippen molar-refractivity contribution in [2.75, 3.05) is 0 Å². The van der Waals surface area contributed by atoms with Crippen LogP contribution >= 0.6 is 0 Å². The quantitative estimate of drug-likeness (QED) is 0.850. The molecule has 0 saturated heterocycles. The molecule has 0 amide bonds. The van der Waals surface area contributed by atoms with Crippen molar-refractivity contribution in [1.82, 2.24) is 9.29 Å². The molecule has 1 heterocycles. The first kappa shape index (κ1) is 15.3. The van der Waals surface area contributed by atoms with Crippen molar-refractivity contribution in [2.45, 2.75) is 24.9 Å². The minimum atomic E-state index is -3.74. The van der Waals surface area contributed by atoms with E-state index in [0.717, 1.165) is 5.56 Å². The van der Waals surface area contributed by atoms with Gasteiger partial charge in [0.1, 0.15) is 10.6 Å². The third-order valence-corrected chi connectivity index (χ3v) is 4.42. The molecule has 1 aromatic carbocycles. The first-order valence-corrected chi connectivity index (χ1v) is 7.89. The van der Waals surface area contributed by atoms with E-state index in [4.69, 9.17) is 5.11 Å². The molecule has 2 aromatic rings. The van der Waals surface area contributed by atoms with Crippen LogP contribution in [0, 0.1) is 0 Å². The Balaban J connectivity index is 2.22. The smallest absolute Gasteiger partial charge is 0.352 e. The minimum Gasteiger partial charge on any atom is -0.477 e. The van der Waals surface area contributed by atoms with Crippen LogP contribution in [0.5, 0.6) is 0 Å². The lowest BCUT2D eigenvalue weighted by atomic mass is 10.2. The van der Waals surface area contributed by atoms with Gasteiger partial charge < -0.3 is 9.67 Å². The van der Waals surface area contributed by atoms with Gasteiger partial charge in [-0.2, -0.15) is 0 Å². The molecular formula is C14H16N2O4S. The number of aromatic carboxylic acids is 1. The molecule has 0 spiro atoms. The molecule has 1 aromatic heterocycles. The Hall–Kier alpha value is -2.12. The lowest BCUT2D eigenvalue weighted by Gasteiger charge is -2.04. The van der Waals surface area contributed by atoms with Crippen LogP contribution in [0.1, 0.15) is 23.0 Å². The fourth-order valence-electron chi connectivity index (χ4n) is 1.93. The molecule has 7 heteroatoms. The average Bonchev–Trinajstić information content (AvgIpc) is 2.92. The number of hydrogen-bond acceptors (Lipinski definition) is 3. The second kappa shape index (κ2) is 6.11. The second-order valence-electron chi connectivity index (χ2n) is 4.46. The number of nitrogens with zero attached hydrogens (tertiary/aromatic N) is 1.